The summed E-state index contributed by atoms with van der Waals surface area (Å²) >= 11 is 0. The third-order valence-electron chi connectivity index (χ3n) is 3.24. The van der Waals surface area contributed by atoms with Crippen molar-refractivity contribution in [1.29, 1.82) is 0 Å². The van der Waals surface area contributed by atoms with Gasteiger partial charge in [0.1, 0.15) is 6.61 Å². The zero-order valence-electron chi connectivity index (χ0n) is 13.6. The standard InChI is InChI=1S/C18H20FNO4/c1-13(24-15-8-4-3-7-14(15)19)18(21)20-11-12-23-17-10-6-5-9-16(17)22-2/h3-10,13H,11-12H2,1-2H3,(H,20,21). The van der Waals surface area contributed by atoms with E-state index in [1.165, 1.54) is 12.1 Å². The normalized spacial score (nSPS) is 11.5. The summed E-state index contributed by atoms with van der Waals surface area (Å²) in [7, 11) is 1.56. The van der Waals surface area contributed by atoms with Crippen molar-refractivity contribution in [2.45, 2.75) is 13.0 Å². The minimum atomic E-state index is -0.812. The fraction of sp³-hybridized carbons (Fsp3) is 0.278. The highest BCUT2D eigenvalue weighted by atomic mass is 19.1. The average molecular weight is 333 g/mol. The zero-order chi connectivity index (χ0) is 17.4. The molecule has 1 atom stereocenters. The van der Waals surface area contributed by atoms with Crippen LogP contribution < -0.4 is 19.5 Å². The molecule has 0 aliphatic heterocycles. The SMILES string of the molecule is COc1ccccc1OCCNC(=O)C(C)Oc1ccccc1F. The molecule has 2 aromatic rings. The van der Waals surface area contributed by atoms with E-state index in [4.69, 9.17) is 14.2 Å². The van der Waals surface area contributed by atoms with Crippen LogP contribution in [0.3, 0.4) is 0 Å². The molecule has 0 aliphatic rings. The maximum Gasteiger partial charge on any atom is 0.260 e. The quantitative estimate of drug-likeness (QED) is 0.755. The van der Waals surface area contributed by atoms with Crippen molar-refractivity contribution in [1.82, 2.24) is 5.32 Å². The highest BCUT2D eigenvalue weighted by Gasteiger charge is 2.15. The summed E-state index contributed by atoms with van der Waals surface area (Å²) in [5, 5.41) is 2.68. The second-order valence-electron chi connectivity index (χ2n) is 4.98. The van der Waals surface area contributed by atoms with Crippen LogP contribution in [0.1, 0.15) is 6.92 Å². The first-order valence-corrected chi connectivity index (χ1v) is 7.56. The predicted octanol–water partition coefficient (Wildman–Crippen LogP) is 2.80. The first kappa shape index (κ1) is 17.6. The number of para-hydroxylation sites is 3. The van der Waals surface area contributed by atoms with E-state index in [-0.39, 0.29) is 18.3 Å². The molecule has 1 N–H and O–H groups in total. The van der Waals surface area contributed by atoms with Crippen molar-refractivity contribution in [3.8, 4) is 17.2 Å². The summed E-state index contributed by atoms with van der Waals surface area (Å²) < 4.78 is 29.5. The molecule has 2 aromatic carbocycles. The lowest BCUT2D eigenvalue weighted by molar-refractivity contribution is -0.127. The van der Waals surface area contributed by atoms with Gasteiger partial charge in [0.15, 0.2) is 29.2 Å². The van der Waals surface area contributed by atoms with E-state index in [1.807, 2.05) is 12.1 Å². The van der Waals surface area contributed by atoms with E-state index < -0.39 is 11.9 Å². The Morgan fingerprint density at radius 3 is 2.38 bits per heavy atom. The molecule has 0 heterocycles. The summed E-state index contributed by atoms with van der Waals surface area (Å²) in [6.07, 6.45) is -0.812. The molecule has 128 valence electrons. The maximum atomic E-state index is 13.5. The Bertz CT molecular complexity index is 678. The van der Waals surface area contributed by atoms with Crippen molar-refractivity contribution >= 4 is 5.91 Å². The molecule has 0 aromatic heterocycles. The largest absolute Gasteiger partial charge is 0.493 e. The number of carbonyl (C=O) groups is 1. The molecule has 0 radical (unpaired) electrons. The van der Waals surface area contributed by atoms with Gasteiger partial charge in [-0.2, -0.15) is 0 Å². The van der Waals surface area contributed by atoms with Gasteiger partial charge >= 0.3 is 0 Å². The molecule has 0 fully saturated rings. The monoisotopic (exact) mass is 333 g/mol. The van der Waals surface area contributed by atoms with Crippen LogP contribution in [0.5, 0.6) is 17.2 Å². The first-order valence-electron chi connectivity index (χ1n) is 7.56. The van der Waals surface area contributed by atoms with Crippen LogP contribution >= 0.6 is 0 Å². The molecule has 2 rings (SSSR count). The molecule has 5 nitrogen and oxygen atoms in total. The van der Waals surface area contributed by atoms with E-state index in [0.717, 1.165) is 0 Å². The number of ether oxygens (including phenoxy) is 3. The van der Waals surface area contributed by atoms with Gasteiger partial charge in [-0.05, 0) is 31.2 Å². The third-order valence-corrected chi connectivity index (χ3v) is 3.24. The van der Waals surface area contributed by atoms with Crippen LogP contribution in [0, 0.1) is 5.82 Å². The molecule has 6 heteroatoms. The van der Waals surface area contributed by atoms with Gasteiger partial charge in [-0.15, -0.1) is 0 Å². The Hall–Kier alpha value is -2.76. The Balaban J connectivity index is 1.75. The van der Waals surface area contributed by atoms with Crippen molar-refractivity contribution < 1.29 is 23.4 Å². The Kier molecular flexibility index (Phi) is 6.42. The van der Waals surface area contributed by atoms with Crippen molar-refractivity contribution in [2.75, 3.05) is 20.3 Å². The second kappa shape index (κ2) is 8.76. The second-order valence-corrected chi connectivity index (χ2v) is 4.98. The Morgan fingerprint density at radius 2 is 1.71 bits per heavy atom. The number of hydrogen-bond acceptors (Lipinski definition) is 4. The maximum absolute atomic E-state index is 13.5. The molecule has 0 aliphatic carbocycles. The van der Waals surface area contributed by atoms with Gasteiger partial charge in [-0.1, -0.05) is 24.3 Å². The predicted molar refractivity (Wildman–Crippen MR) is 88.0 cm³/mol. The molecule has 1 unspecified atom stereocenters. The van der Waals surface area contributed by atoms with E-state index >= 15 is 0 Å². The van der Waals surface area contributed by atoms with Crippen LogP contribution in [0.15, 0.2) is 48.5 Å². The number of hydrogen-bond donors (Lipinski definition) is 1. The van der Waals surface area contributed by atoms with Crippen molar-refractivity contribution in [3.63, 3.8) is 0 Å². The topological polar surface area (TPSA) is 56.8 Å². The van der Waals surface area contributed by atoms with Crippen molar-refractivity contribution in [3.05, 3.63) is 54.3 Å². The molecule has 0 saturated heterocycles. The molecular weight excluding hydrogens is 313 g/mol. The fourth-order valence-corrected chi connectivity index (χ4v) is 2.00. The highest BCUT2D eigenvalue weighted by Crippen LogP contribution is 2.25. The van der Waals surface area contributed by atoms with Gasteiger partial charge in [0.2, 0.25) is 0 Å². The minimum Gasteiger partial charge on any atom is -0.493 e. The van der Waals surface area contributed by atoms with Crippen LogP contribution in [-0.4, -0.2) is 32.3 Å². The average Bonchev–Trinajstić information content (AvgIpc) is 2.60. The van der Waals surface area contributed by atoms with Gasteiger partial charge in [0.25, 0.3) is 5.91 Å². The van der Waals surface area contributed by atoms with E-state index in [1.54, 1.807) is 38.3 Å². The number of benzene rings is 2. The van der Waals surface area contributed by atoms with Crippen LogP contribution in [0.25, 0.3) is 0 Å². The van der Waals surface area contributed by atoms with Gasteiger partial charge in [-0.3, -0.25) is 4.79 Å². The summed E-state index contributed by atoms with van der Waals surface area (Å²) in [6, 6.07) is 13.2. The Morgan fingerprint density at radius 1 is 1.08 bits per heavy atom. The van der Waals surface area contributed by atoms with E-state index in [0.29, 0.717) is 18.0 Å². The lowest BCUT2D eigenvalue weighted by Crippen LogP contribution is -2.38. The van der Waals surface area contributed by atoms with E-state index in [9.17, 15) is 9.18 Å². The van der Waals surface area contributed by atoms with Crippen LogP contribution in [0.2, 0.25) is 0 Å². The molecular formula is C18H20FNO4. The molecule has 24 heavy (non-hydrogen) atoms. The zero-order valence-corrected chi connectivity index (χ0v) is 13.6. The summed E-state index contributed by atoms with van der Waals surface area (Å²) in [4.78, 5) is 12.0. The van der Waals surface area contributed by atoms with Gasteiger partial charge in [0.05, 0.1) is 13.7 Å². The lowest BCUT2D eigenvalue weighted by atomic mass is 10.3. The summed E-state index contributed by atoms with van der Waals surface area (Å²) in [6.45, 7) is 2.13. The summed E-state index contributed by atoms with van der Waals surface area (Å²) in [5.41, 5.74) is 0. The number of amides is 1. The smallest absolute Gasteiger partial charge is 0.260 e. The highest BCUT2D eigenvalue weighted by molar-refractivity contribution is 5.80. The molecule has 0 spiro atoms. The van der Waals surface area contributed by atoms with Gasteiger partial charge in [-0.25, -0.2) is 4.39 Å². The van der Waals surface area contributed by atoms with Gasteiger partial charge < -0.3 is 19.5 Å². The van der Waals surface area contributed by atoms with Gasteiger partial charge in [0, 0.05) is 0 Å². The molecule has 1 amide bonds. The minimum absolute atomic E-state index is 0.0467. The van der Waals surface area contributed by atoms with Crippen molar-refractivity contribution in [2.24, 2.45) is 0 Å². The Labute approximate surface area is 140 Å². The van der Waals surface area contributed by atoms with Crippen LogP contribution in [0.4, 0.5) is 4.39 Å². The first-order chi connectivity index (χ1) is 11.6. The fourth-order valence-electron chi connectivity index (χ4n) is 2.00. The number of methoxy groups -OCH3 is 1. The summed E-state index contributed by atoms with van der Waals surface area (Å²) in [5.74, 6) is 0.425. The number of halogens is 1. The number of nitrogens with one attached hydrogen (secondary N) is 1. The lowest BCUT2D eigenvalue weighted by Gasteiger charge is -2.15. The molecule has 0 saturated carbocycles. The number of carbonyl (C=O) groups excluding carboxylic acids is 1. The molecule has 0 bridgehead atoms. The third kappa shape index (κ3) is 4.87. The van der Waals surface area contributed by atoms with Crippen LogP contribution in [-0.2, 0) is 4.79 Å². The van der Waals surface area contributed by atoms with E-state index in [2.05, 4.69) is 5.32 Å². The number of rotatable bonds is 8.